The molecule has 1 atom stereocenters. The molecule has 0 saturated carbocycles. The second kappa shape index (κ2) is 7.23. The average Bonchev–Trinajstić information content (AvgIpc) is 3.01. The molecule has 0 aliphatic carbocycles. The highest BCUT2D eigenvalue weighted by molar-refractivity contribution is 6.01. The standard InChI is InChI=1S/C20H26N4O3/c1-22-16-13-24(12-11-23-9-3-2-4-10-23)19(26)17(16)18(21-20(22)27)14-5-7-15(25)8-6-14/h5-8,18,25H,2-4,9-13H2,1H3,(H,21,27). The van der Waals surface area contributed by atoms with Crippen molar-refractivity contribution in [3.05, 3.63) is 41.1 Å². The Morgan fingerprint density at radius 3 is 2.48 bits per heavy atom. The fourth-order valence-electron chi connectivity index (χ4n) is 4.17. The zero-order chi connectivity index (χ0) is 19.0. The number of carbonyl (C=O) groups is 2. The number of benzene rings is 1. The van der Waals surface area contributed by atoms with Crippen molar-refractivity contribution in [1.29, 1.82) is 0 Å². The van der Waals surface area contributed by atoms with Gasteiger partial charge in [0.05, 0.1) is 23.9 Å². The third-order valence-corrected chi connectivity index (χ3v) is 5.80. The Morgan fingerprint density at radius 1 is 1.07 bits per heavy atom. The van der Waals surface area contributed by atoms with E-state index in [9.17, 15) is 14.7 Å². The molecule has 3 aliphatic rings. The fourth-order valence-corrected chi connectivity index (χ4v) is 4.17. The van der Waals surface area contributed by atoms with E-state index in [-0.39, 0.29) is 17.7 Å². The second-order valence-corrected chi connectivity index (χ2v) is 7.52. The second-order valence-electron chi connectivity index (χ2n) is 7.52. The summed E-state index contributed by atoms with van der Waals surface area (Å²) in [5.74, 6) is 0.153. The molecule has 0 radical (unpaired) electrons. The van der Waals surface area contributed by atoms with E-state index in [4.69, 9.17) is 0 Å². The van der Waals surface area contributed by atoms with Crippen LogP contribution in [0.2, 0.25) is 0 Å². The number of aromatic hydroxyl groups is 1. The number of urea groups is 1. The molecule has 1 fully saturated rings. The normalized spacial score (nSPS) is 23.7. The highest BCUT2D eigenvalue weighted by Gasteiger charge is 2.42. The van der Waals surface area contributed by atoms with Gasteiger partial charge in [0.25, 0.3) is 5.91 Å². The molecule has 3 aliphatic heterocycles. The van der Waals surface area contributed by atoms with E-state index in [1.54, 1.807) is 36.2 Å². The number of rotatable bonds is 4. The van der Waals surface area contributed by atoms with Gasteiger partial charge in [0.15, 0.2) is 0 Å². The van der Waals surface area contributed by atoms with Gasteiger partial charge in [0.2, 0.25) is 0 Å². The predicted molar refractivity (Wildman–Crippen MR) is 101 cm³/mol. The minimum atomic E-state index is -0.475. The number of likely N-dealkylation sites (N-methyl/N-ethyl adjacent to an activating group) is 1. The molecule has 144 valence electrons. The molecule has 4 rings (SSSR count). The van der Waals surface area contributed by atoms with Gasteiger partial charge in [-0.25, -0.2) is 4.79 Å². The number of likely N-dealkylation sites (tertiary alicyclic amines) is 1. The summed E-state index contributed by atoms with van der Waals surface area (Å²) in [7, 11) is 1.71. The maximum Gasteiger partial charge on any atom is 0.322 e. The number of hydrogen-bond acceptors (Lipinski definition) is 4. The first-order valence-electron chi connectivity index (χ1n) is 9.62. The van der Waals surface area contributed by atoms with Crippen molar-refractivity contribution >= 4 is 11.9 Å². The van der Waals surface area contributed by atoms with Crippen molar-refractivity contribution in [2.45, 2.75) is 25.3 Å². The van der Waals surface area contributed by atoms with Gasteiger partial charge in [-0.2, -0.15) is 0 Å². The Balaban J connectivity index is 1.53. The number of piperidine rings is 1. The molecule has 3 heterocycles. The molecule has 1 saturated heterocycles. The molecule has 0 spiro atoms. The summed E-state index contributed by atoms with van der Waals surface area (Å²) in [6, 6.07) is 5.97. The minimum absolute atomic E-state index is 0.00747. The highest BCUT2D eigenvalue weighted by atomic mass is 16.3. The van der Waals surface area contributed by atoms with Crippen LogP contribution in [0.4, 0.5) is 4.79 Å². The molecule has 1 aromatic rings. The summed E-state index contributed by atoms with van der Waals surface area (Å²) >= 11 is 0. The van der Waals surface area contributed by atoms with E-state index in [0.717, 1.165) is 30.9 Å². The maximum atomic E-state index is 13.1. The van der Waals surface area contributed by atoms with Gasteiger partial charge in [-0.1, -0.05) is 18.6 Å². The summed E-state index contributed by atoms with van der Waals surface area (Å²) in [6.07, 6.45) is 3.75. The number of phenols is 1. The molecule has 0 aromatic heterocycles. The van der Waals surface area contributed by atoms with Gasteiger partial charge in [0.1, 0.15) is 5.75 Å². The van der Waals surface area contributed by atoms with Crippen molar-refractivity contribution in [3.63, 3.8) is 0 Å². The van der Waals surface area contributed by atoms with Crippen LogP contribution in [-0.2, 0) is 4.79 Å². The van der Waals surface area contributed by atoms with Crippen LogP contribution in [-0.4, -0.2) is 71.5 Å². The van der Waals surface area contributed by atoms with Crippen molar-refractivity contribution in [2.75, 3.05) is 39.8 Å². The Bertz CT molecular complexity index is 768. The Morgan fingerprint density at radius 2 is 1.78 bits per heavy atom. The number of nitrogens with one attached hydrogen (secondary N) is 1. The molecule has 1 unspecified atom stereocenters. The van der Waals surface area contributed by atoms with Gasteiger partial charge in [-0.05, 0) is 43.6 Å². The lowest BCUT2D eigenvalue weighted by Gasteiger charge is -2.31. The van der Waals surface area contributed by atoms with Crippen LogP contribution in [0.25, 0.3) is 0 Å². The first kappa shape index (κ1) is 17.9. The molecule has 2 N–H and O–H groups in total. The molecule has 7 nitrogen and oxygen atoms in total. The SMILES string of the molecule is CN1C(=O)NC(c2ccc(O)cc2)C2=C1CN(CCN1CCCCC1)C2=O. The van der Waals surface area contributed by atoms with Crippen molar-refractivity contribution in [1.82, 2.24) is 20.0 Å². The van der Waals surface area contributed by atoms with Crippen LogP contribution in [0.3, 0.4) is 0 Å². The zero-order valence-corrected chi connectivity index (χ0v) is 15.6. The van der Waals surface area contributed by atoms with E-state index >= 15 is 0 Å². The Kier molecular flexibility index (Phi) is 4.78. The quantitative estimate of drug-likeness (QED) is 0.845. The first-order chi connectivity index (χ1) is 13.0. The molecule has 0 bridgehead atoms. The molecule has 3 amide bonds. The number of phenolic OH excluding ortho intramolecular Hbond substituents is 1. The van der Waals surface area contributed by atoms with Gasteiger partial charge >= 0.3 is 6.03 Å². The number of nitrogens with zero attached hydrogens (tertiary/aromatic N) is 3. The zero-order valence-electron chi connectivity index (χ0n) is 15.6. The largest absolute Gasteiger partial charge is 0.508 e. The maximum absolute atomic E-state index is 13.1. The third kappa shape index (κ3) is 3.39. The summed E-state index contributed by atoms with van der Waals surface area (Å²) in [4.78, 5) is 31.3. The summed E-state index contributed by atoms with van der Waals surface area (Å²) in [5.41, 5.74) is 2.22. The van der Waals surface area contributed by atoms with Gasteiger partial charge in [-0.3, -0.25) is 9.69 Å². The molecule has 27 heavy (non-hydrogen) atoms. The highest BCUT2D eigenvalue weighted by Crippen LogP contribution is 2.35. The van der Waals surface area contributed by atoms with Gasteiger partial charge < -0.3 is 20.2 Å². The van der Waals surface area contributed by atoms with Gasteiger partial charge in [-0.15, -0.1) is 0 Å². The van der Waals surface area contributed by atoms with E-state index < -0.39 is 6.04 Å². The molecular formula is C20H26N4O3. The first-order valence-corrected chi connectivity index (χ1v) is 9.62. The van der Waals surface area contributed by atoms with Crippen LogP contribution in [0, 0.1) is 0 Å². The fraction of sp³-hybridized carbons (Fsp3) is 0.500. The van der Waals surface area contributed by atoms with Crippen LogP contribution in [0.15, 0.2) is 35.5 Å². The van der Waals surface area contributed by atoms with Crippen LogP contribution in [0.5, 0.6) is 5.75 Å². The molecule has 1 aromatic carbocycles. The lowest BCUT2D eigenvalue weighted by Crippen LogP contribution is -2.45. The van der Waals surface area contributed by atoms with E-state index in [2.05, 4.69) is 10.2 Å². The topological polar surface area (TPSA) is 76.1 Å². The lowest BCUT2D eigenvalue weighted by atomic mass is 9.96. The number of amides is 3. The third-order valence-electron chi connectivity index (χ3n) is 5.80. The van der Waals surface area contributed by atoms with Crippen LogP contribution < -0.4 is 5.32 Å². The smallest absolute Gasteiger partial charge is 0.322 e. The number of carbonyl (C=O) groups excluding carboxylic acids is 2. The van der Waals surface area contributed by atoms with Crippen LogP contribution in [0.1, 0.15) is 30.9 Å². The van der Waals surface area contributed by atoms with E-state index in [1.165, 1.54) is 19.3 Å². The van der Waals surface area contributed by atoms with E-state index in [0.29, 0.717) is 18.7 Å². The lowest BCUT2D eigenvalue weighted by molar-refractivity contribution is -0.126. The summed E-state index contributed by atoms with van der Waals surface area (Å²) < 4.78 is 0. The summed E-state index contributed by atoms with van der Waals surface area (Å²) in [6.45, 7) is 4.23. The van der Waals surface area contributed by atoms with Crippen molar-refractivity contribution < 1.29 is 14.7 Å². The molecular weight excluding hydrogens is 344 g/mol. The van der Waals surface area contributed by atoms with Crippen LogP contribution >= 0.6 is 0 Å². The Labute approximate surface area is 159 Å². The minimum Gasteiger partial charge on any atom is -0.508 e. The summed E-state index contributed by atoms with van der Waals surface area (Å²) in [5, 5.41) is 12.5. The van der Waals surface area contributed by atoms with Crippen molar-refractivity contribution in [2.24, 2.45) is 0 Å². The monoisotopic (exact) mass is 370 g/mol. The molecule has 7 heteroatoms. The van der Waals surface area contributed by atoms with Gasteiger partial charge in [0, 0.05) is 20.1 Å². The Hall–Kier alpha value is -2.54. The number of hydrogen-bond donors (Lipinski definition) is 2. The average molecular weight is 370 g/mol. The predicted octanol–water partition coefficient (Wildman–Crippen LogP) is 1.67. The van der Waals surface area contributed by atoms with Crippen molar-refractivity contribution in [3.8, 4) is 5.75 Å². The van der Waals surface area contributed by atoms with E-state index in [1.807, 2.05) is 4.90 Å².